The van der Waals surface area contributed by atoms with E-state index in [1.165, 1.54) is 14.2 Å². The van der Waals surface area contributed by atoms with Crippen LogP contribution in [0.5, 0.6) is 11.5 Å². The largest absolute Gasteiger partial charge is 0.493 e. The molecular weight excluding hydrogens is 268 g/mol. The number of aliphatic hydroxyl groups is 1. The Morgan fingerprint density at radius 2 is 1.76 bits per heavy atom. The minimum absolute atomic E-state index is 0.169. The van der Waals surface area contributed by atoms with Crippen molar-refractivity contribution in [1.82, 2.24) is 0 Å². The van der Waals surface area contributed by atoms with Crippen LogP contribution in [0.4, 0.5) is 0 Å². The normalized spacial score (nSPS) is 11.8. The van der Waals surface area contributed by atoms with Crippen LogP contribution >= 0.6 is 0 Å². The van der Waals surface area contributed by atoms with Crippen molar-refractivity contribution >= 4 is 5.78 Å². The SMILES string of the molecule is COc1cccc(C(O)C(=O)Cc2ccccc2)c1OC. The van der Waals surface area contributed by atoms with E-state index >= 15 is 0 Å². The molecule has 1 N–H and O–H groups in total. The Morgan fingerprint density at radius 1 is 1.05 bits per heavy atom. The Kier molecular flexibility index (Phi) is 4.95. The summed E-state index contributed by atoms with van der Waals surface area (Å²) in [4.78, 5) is 12.2. The van der Waals surface area contributed by atoms with Crippen molar-refractivity contribution in [3.63, 3.8) is 0 Å². The van der Waals surface area contributed by atoms with Gasteiger partial charge in [0, 0.05) is 12.0 Å². The second kappa shape index (κ2) is 6.90. The van der Waals surface area contributed by atoms with E-state index in [2.05, 4.69) is 0 Å². The van der Waals surface area contributed by atoms with Crippen LogP contribution in [0.15, 0.2) is 48.5 Å². The van der Waals surface area contributed by atoms with Crippen molar-refractivity contribution in [2.24, 2.45) is 0 Å². The third kappa shape index (κ3) is 3.41. The molecule has 2 aromatic carbocycles. The summed E-state index contributed by atoms with van der Waals surface area (Å²) < 4.78 is 10.4. The second-order valence-corrected chi connectivity index (χ2v) is 4.61. The van der Waals surface area contributed by atoms with Crippen LogP contribution in [0.2, 0.25) is 0 Å². The summed E-state index contributed by atoms with van der Waals surface area (Å²) in [6.07, 6.45) is -1.07. The molecule has 0 aliphatic carbocycles. The first-order valence-electron chi connectivity index (χ1n) is 6.63. The molecule has 4 heteroatoms. The van der Waals surface area contributed by atoms with E-state index in [9.17, 15) is 9.90 Å². The number of Topliss-reactive ketones (excluding diaryl/α,β-unsaturated/α-hetero) is 1. The van der Waals surface area contributed by atoms with E-state index in [1.54, 1.807) is 18.2 Å². The summed E-state index contributed by atoms with van der Waals surface area (Å²) in [5.41, 5.74) is 1.28. The maximum absolute atomic E-state index is 12.2. The third-order valence-electron chi connectivity index (χ3n) is 3.25. The van der Waals surface area contributed by atoms with E-state index in [0.717, 1.165) is 5.56 Å². The van der Waals surface area contributed by atoms with Gasteiger partial charge in [-0.1, -0.05) is 42.5 Å². The van der Waals surface area contributed by atoms with Gasteiger partial charge in [-0.2, -0.15) is 0 Å². The Bertz CT molecular complexity index is 607. The molecule has 2 aromatic rings. The van der Waals surface area contributed by atoms with Gasteiger partial charge in [-0.15, -0.1) is 0 Å². The lowest BCUT2D eigenvalue weighted by Crippen LogP contribution is -2.15. The molecule has 0 aliphatic heterocycles. The minimum atomic E-state index is -1.24. The zero-order valence-corrected chi connectivity index (χ0v) is 12.1. The maximum atomic E-state index is 12.2. The minimum Gasteiger partial charge on any atom is -0.493 e. The van der Waals surface area contributed by atoms with Gasteiger partial charge in [-0.3, -0.25) is 4.79 Å². The summed E-state index contributed by atoms with van der Waals surface area (Å²) in [7, 11) is 3.00. The summed E-state index contributed by atoms with van der Waals surface area (Å²) >= 11 is 0. The Balaban J connectivity index is 2.23. The zero-order chi connectivity index (χ0) is 15.2. The predicted octanol–water partition coefficient (Wildman–Crippen LogP) is 2.55. The Morgan fingerprint density at radius 3 is 2.38 bits per heavy atom. The average molecular weight is 286 g/mol. The number of hydrogen-bond acceptors (Lipinski definition) is 4. The molecule has 0 saturated heterocycles. The number of rotatable bonds is 6. The highest BCUT2D eigenvalue weighted by Gasteiger charge is 2.23. The standard InChI is InChI=1S/C17H18O4/c1-20-15-10-6-9-13(17(15)21-2)16(19)14(18)11-12-7-4-3-5-8-12/h3-10,16,19H,11H2,1-2H3. The molecule has 4 nitrogen and oxygen atoms in total. The number of carbonyl (C=O) groups excluding carboxylic acids is 1. The monoisotopic (exact) mass is 286 g/mol. The second-order valence-electron chi connectivity index (χ2n) is 4.61. The quantitative estimate of drug-likeness (QED) is 0.886. The van der Waals surface area contributed by atoms with Crippen molar-refractivity contribution in [1.29, 1.82) is 0 Å². The number of benzene rings is 2. The van der Waals surface area contributed by atoms with Gasteiger partial charge < -0.3 is 14.6 Å². The van der Waals surface area contributed by atoms with E-state index < -0.39 is 6.10 Å². The molecule has 110 valence electrons. The third-order valence-corrected chi connectivity index (χ3v) is 3.25. The number of methoxy groups -OCH3 is 2. The van der Waals surface area contributed by atoms with Gasteiger partial charge in [-0.25, -0.2) is 0 Å². The molecule has 0 spiro atoms. The molecule has 0 aliphatic rings. The summed E-state index contributed by atoms with van der Waals surface area (Å²) in [5, 5.41) is 10.3. The van der Waals surface area contributed by atoms with E-state index in [1.807, 2.05) is 30.3 Å². The molecule has 0 saturated carbocycles. The Hall–Kier alpha value is -2.33. The topological polar surface area (TPSA) is 55.8 Å². The summed E-state index contributed by atoms with van der Waals surface area (Å²) in [6, 6.07) is 14.4. The highest BCUT2D eigenvalue weighted by molar-refractivity contribution is 5.87. The molecule has 0 radical (unpaired) electrons. The van der Waals surface area contributed by atoms with Crippen LogP contribution in [0.3, 0.4) is 0 Å². The molecular formula is C17H18O4. The fraction of sp³-hybridized carbons (Fsp3) is 0.235. The van der Waals surface area contributed by atoms with Gasteiger partial charge in [0.15, 0.2) is 17.3 Å². The lowest BCUT2D eigenvalue weighted by atomic mass is 9.99. The Labute approximate surface area is 123 Å². The number of ether oxygens (including phenoxy) is 2. The lowest BCUT2D eigenvalue weighted by Gasteiger charge is -2.16. The molecule has 0 fully saturated rings. The number of carbonyl (C=O) groups is 1. The maximum Gasteiger partial charge on any atom is 0.170 e. The van der Waals surface area contributed by atoms with Crippen molar-refractivity contribution < 1.29 is 19.4 Å². The summed E-state index contributed by atoms with van der Waals surface area (Å²) in [6.45, 7) is 0. The number of aliphatic hydroxyl groups excluding tert-OH is 1. The molecule has 2 rings (SSSR count). The van der Waals surface area contributed by atoms with Gasteiger partial charge in [-0.05, 0) is 11.6 Å². The molecule has 21 heavy (non-hydrogen) atoms. The van der Waals surface area contributed by atoms with Gasteiger partial charge in [0.1, 0.15) is 6.10 Å². The van der Waals surface area contributed by atoms with Crippen molar-refractivity contribution in [3.05, 3.63) is 59.7 Å². The van der Waals surface area contributed by atoms with Crippen LogP contribution in [0.1, 0.15) is 17.2 Å². The first-order chi connectivity index (χ1) is 10.2. The highest BCUT2D eigenvalue weighted by Crippen LogP contribution is 2.35. The predicted molar refractivity (Wildman–Crippen MR) is 79.7 cm³/mol. The first-order valence-corrected chi connectivity index (χ1v) is 6.63. The fourth-order valence-electron chi connectivity index (χ4n) is 2.19. The van der Waals surface area contributed by atoms with Gasteiger partial charge in [0.25, 0.3) is 0 Å². The molecule has 1 atom stereocenters. The van der Waals surface area contributed by atoms with Gasteiger partial charge in [0.2, 0.25) is 0 Å². The number of hydrogen-bond donors (Lipinski definition) is 1. The van der Waals surface area contributed by atoms with E-state index in [4.69, 9.17) is 9.47 Å². The van der Waals surface area contributed by atoms with Crippen LogP contribution in [-0.2, 0) is 11.2 Å². The zero-order valence-electron chi connectivity index (χ0n) is 12.1. The van der Waals surface area contributed by atoms with Crippen LogP contribution in [0, 0.1) is 0 Å². The number of ketones is 1. The van der Waals surface area contributed by atoms with E-state index in [0.29, 0.717) is 17.1 Å². The van der Waals surface area contributed by atoms with Crippen LogP contribution in [-0.4, -0.2) is 25.1 Å². The average Bonchev–Trinajstić information content (AvgIpc) is 2.54. The van der Waals surface area contributed by atoms with Gasteiger partial charge >= 0.3 is 0 Å². The fourth-order valence-corrected chi connectivity index (χ4v) is 2.19. The van der Waals surface area contributed by atoms with Crippen LogP contribution in [0.25, 0.3) is 0 Å². The lowest BCUT2D eigenvalue weighted by molar-refractivity contribution is -0.126. The van der Waals surface area contributed by atoms with Crippen molar-refractivity contribution in [3.8, 4) is 11.5 Å². The molecule has 0 heterocycles. The van der Waals surface area contributed by atoms with Crippen molar-refractivity contribution in [2.75, 3.05) is 14.2 Å². The van der Waals surface area contributed by atoms with E-state index in [-0.39, 0.29) is 12.2 Å². The smallest absolute Gasteiger partial charge is 0.170 e. The molecule has 1 unspecified atom stereocenters. The molecule has 0 amide bonds. The summed E-state index contributed by atoms with van der Waals surface area (Å²) in [5.74, 6) is 0.586. The molecule has 0 bridgehead atoms. The van der Waals surface area contributed by atoms with Gasteiger partial charge in [0.05, 0.1) is 14.2 Å². The first kappa shape index (κ1) is 15.1. The number of para-hydroxylation sites is 1. The highest BCUT2D eigenvalue weighted by atomic mass is 16.5. The van der Waals surface area contributed by atoms with Crippen LogP contribution < -0.4 is 9.47 Å². The molecule has 0 aromatic heterocycles. The van der Waals surface area contributed by atoms with Crippen molar-refractivity contribution in [2.45, 2.75) is 12.5 Å².